The molecule has 0 bridgehead atoms. The summed E-state index contributed by atoms with van der Waals surface area (Å²) < 4.78 is 0. The normalized spacial score (nSPS) is 14.3. The highest BCUT2D eigenvalue weighted by Crippen LogP contribution is 2.23. The summed E-state index contributed by atoms with van der Waals surface area (Å²) in [5.41, 5.74) is 2.32. The smallest absolute Gasteiger partial charge is 0.252 e. The van der Waals surface area contributed by atoms with Crippen LogP contribution in [0.4, 0.5) is 11.4 Å². The third-order valence-electron chi connectivity index (χ3n) is 4.07. The molecule has 3 N–H and O–H groups in total. The van der Waals surface area contributed by atoms with E-state index in [9.17, 15) is 9.59 Å². The molecule has 0 radical (unpaired) electrons. The van der Waals surface area contributed by atoms with Gasteiger partial charge in [0.2, 0.25) is 5.91 Å². The van der Waals surface area contributed by atoms with Gasteiger partial charge in [-0.3, -0.25) is 9.59 Å². The number of thiophene rings is 1. The van der Waals surface area contributed by atoms with E-state index >= 15 is 0 Å². The Morgan fingerprint density at radius 1 is 1.12 bits per heavy atom. The SMILES string of the molecule is O=C(CNC(=O)c1ccsc1)Nc1cccc(NC2CCCC2)c1. The second-order valence-corrected chi connectivity index (χ2v) is 6.73. The molecule has 3 rings (SSSR count). The first-order valence-corrected chi connectivity index (χ1v) is 9.12. The number of hydrogen-bond acceptors (Lipinski definition) is 4. The average Bonchev–Trinajstić information content (AvgIpc) is 3.26. The molecule has 1 aliphatic carbocycles. The summed E-state index contributed by atoms with van der Waals surface area (Å²) in [7, 11) is 0. The maximum Gasteiger partial charge on any atom is 0.252 e. The fourth-order valence-electron chi connectivity index (χ4n) is 2.85. The van der Waals surface area contributed by atoms with Gasteiger partial charge in [0.1, 0.15) is 0 Å². The quantitative estimate of drug-likeness (QED) is 0.752. The van der Waals surface area contributed by atoms with Crippen LogP contribution in [0.3, 0.4) is 0 Å². The number of amides is 2. The van der Waals surface area contributed by atoms with Gasteiger partial charge in [-0.1, -0.05) is 18.9 Å². The molecule has 1 aromatic heterocycles. The van der Waals surface area contributed by atoms with Crippen LogP contribution in [-0.2, 0) is 4.79 Å². The second-order valence-electron chi connectivity index (χ2n) is 5.95. The molecule has 1 saturated carbocycles. The van der Waals surface area contributed by atoms with Crippen molar-refractivity contribution in [3.05, 3.63) is 46.7 Å². The van der Waals surface area contributed by atoms with Crippen LogP contribution in [0.25, 0.3) is 0 Å². The zero-order chi connectivity index (χ0) is 16.8. The summed E-state index contributed by atoms with van der Waals surface area (Å²) in [4.78, 5) is 23.8. The van der Waals surface area contributed by atoms with Crippen LogP contribution in [0.2, 0.25) is 0 Å². The van der Waals surface area contributed by atoms with Crippen LogP contribution >= 0.6 is 11.3 Å². The van der Waals surface area contributed by atoms with E-state index in [1.54, 1.807) is 11.4 Å². The lowest BCUT2D eigenvalue weighted by atomic mass is 10.2. The van der Waals surface area contributed by atoms with Crippen molar-refractivity contribution in [3.8, 4) is 0 Å². The largest absolute Gasteiger partial charge is 0.382 e. The maximum absolute atomic E-state index is 12.0. The lowest BCUT2D eigenvalue weighted by molar-refractivity contribution is -0.115. The van der Waals surface area contributed by atoms with Gasteiger partial charge in [-0.15, -0.1) is 0 Å². The molecule has 2 amide bonds. The van der Waals surface area contributed by atoms with Crippen LogP contribution in [0.15, 0.2) is 41.1 Å². The van der Waals surface area contributed by atoms with Crippen molar-refractivity contribution in [3.63, 3.8) is 0 Å². The molecule has 0 atom stereocenters. The van der Waals surface area contributed by atoms with Crippen molar-refractivity contribution in [1.82, 2.24) is 5.32 Å². The molecule has 0 spiro atoms. The molecule has 0 aliphatic heterocycles. The molecule has 1 heterocycles. The summed E-state index contributed by atoms with van der Waals surface area (Å²) in [6, 6.07) is 9.95. The first kappa shape index (κ1) is 16.5. The highest BCUT2D eigenvalue weighted by atomic mass is 32.1. The minimum Gasteiger partial charge on any atom is -0.382 e. The van der Waals surface area contributed by atoms with Crippen molar-refractivity contribution in [1.29, 1.82) is 0 Å². The van der Waals surface area contributed by atoms with Crippen molar-refractivity contribution in [2.24, 2.45) is 0 Å². The van der Waals surface area contributed by atoms with E-state index in [2.05, 4.69) is 16.0 Å². The molecule has 1 aromatic carbocycles. The number of benzene rings is 1. The first-order chi connectivity index (χ1) is 11.7. The number of carbonyl (C=O) groups is 2. The summed E-state index contributed by atoms with van der Waals surface area (Å²) in [5, 5.41) is 12.5. The molecular formula is C18H21N3O2S. The highest BCUT2D eigenvalue weighted by molar-refractivity contribution is 7.08. The van der Waals surface area contributed by atoms with Gasteiger partial charge in [-0.2, -0.15) is 11.3 Å². The zero-order valence-electron chi connectivity index (χ0n) is 13.4. The van der Waals surface area contributed by atoms with Crippen molar-refractivity contribution in [2.45, 2.75) is 31.7 Å². The standard InChI is InChI=1S/C18H21N3O2S/c22-17(11-19-18(23)13-8-9-24-12-13)21-16-7-3-6-15(10-16)20-14-4-1-2-5-14/h3,6-10,12,14,20H,1-2,4-5,11H2,(H,19,23)(H,21,22). The molecule has 1 fully saturated rings. The van der Waals surface area contributed by atoms with Gasteiger partial charge in [0.25, 0.3) is 5.91 Å². The Morgan fingerprint density at radius 3 is 2.67 bits per heavy atom. The lowest BCUT2D eigenvalue weighted by Crippen LogP contribution is -2.32. The highest BCUT2D eigenvalue weighted by Gasteiger charge is 2.14. The van der Waals surface area contributed by atoms with Gasteiger partial charge in [0.15, 0.2) is 0 Å². The van der Waals surface area contributed by atoms with Crippen LogP contribution in [0, 0.1) is 0 Å². The Labute approximate surface area is 145 Å². The summed E-state index contributed by atoms with van der Waals surface area (Å²) >= 11 is 1.45. The van der Waals surface area contributed by atoms with Crippen LogP contribution in [0.5, 0.6) is 0 Å². The monoisotopic (exact) mass is 343 g/mol. The van der Waals surface area contributed by atoms with E-state index < -0.39 is 0 Å². The zero-order valence-corrected chi connectivity index (χ0v) is 14.2. The molecule has 0 saturated heterocycles. The molecule has 5 nitrogen and oxygen atoms in total. The van der Waals surface area contributed by atoms with E-state index in [-0.39, 0.29) is 18.4 Å². The number of rotatable bonds is 6. The number of carbonyl (C=O) groups excluding carboxylic acids is 2. The van der Waals surface area contributed by atoms with Gasteiger partial charge in [-0.05, 0) is 42.5 Å². The minimum atomic E-state index is -0.239. The van der Waals surface area contributed by atoms with Gasteiger partial charge in [0, 0.05) is 28.4 Å². The minimum absolute atomic E-state index is 0.0467. The Morgan fingerprint density at radius 2 is 1.92 bits per heavy atom. The van der Waals surface area contributed by atoms with Crippen molar-refractivity contribution < 1.29 is 9.59 Å². The number of hydrogen-bond donors (Lipinski definition) is 3. The summed E-state index contributed by atoms with van der Waals surface area (Å²) in [6.07, 6.45) is 4.95. The predicted octanol–water partition coefficient (Wildman–Crippen LogP) is 3.47. The third-order valence-corrected chi connectivity index (χ3v) is 4.75. The molecule has 2 aromatic rings. The first-order valence-electron chi connectivity index (χ1n) is 8.17. The molecule has 24 heavy (non-hydrogen) atoms. The van der Waals surface area contributed by atoms with Gasteiger partial charge in [-0.25, -0.2) is 0 Å². The Bertz CT molecular complexity index is 694. The van der Waals surface area contributed by atoms with Crippen LogP contribution in [-0.4, -0.2) is 24.4 Å². The molecule has 1 aliphatic rings. The van der Waals surface area contributed by atoms with Gasteiger partial charge >= 0.3 is 0 Å². The summed E-state index contributed by atoms with van der Waals surface area (Å²) in [6.45, 7) is -0.0467. The second kappa shape index (κ2) is 7.97. The Kier molecular flexibility index (Phi) is 5.48. The van der Waals surface area contributed by atoms with Crippen molar-refractivity contribution >= 4 is 34.5 Å². The van der Waals surface area contributed by atoms with E-state index in [0.717, 1.165) is 11.4 Å². The van der Waals surface area contributed by atoms with Crippen LogP contribution in [0.1, 0.15) is 36.0 Å². The van der Waals surface area contributed by atoms with Crippen molar-refractivity contribution in [2.75, 3.05) is 17.2 Å². The third kappa shape index (κ3) is 4.58. The Balaban J connectivity index is 1.49. The fraction of sp³-hybridized carbons (Fsp3) is 0.333. The fourth-order valence-corrected chi connectivity index (χ4v) is 3.49. The predicted molar refractivity (Wildman–Crippen MR) is 97.6 cm³/mol. The number of nitrogens with one attached hydrogen (secondary N) is 3. The van der Waals surface area contributed by atoms with E-state index in [4.69, 9.17) is 0 Å². The van der Waals surface area contributed by atoms with E-state index in [1.165, 1.54) is 37.0 Å². The molecule has 6 heteroatoms. The maximum atomic E-state index is 12.0. The number of anilines is 2. The van der Waals surface area contributed by atoms with E-state index in [1.807, 2.05) is 29.6 Å². The Hall–Kier alpha value is -2.34. The lowest BCUT2D eigenvalue weighted by Gasteiger charge is -2.14. The average molecular weight is 343 g/mol. The molecule has 0 unspecified atom stereocenters. The van der Waals surface area contributed by atoms with Crippen LogP contribution < -0.4 is 16.0 Å². The molecular weight excluding hydrogens is 322 g/mol. The summed E-state index contributed by atoms with van der Waals surface area (Å²) in [5.74, 6) is -0.473. The topological polar surface area (TPSA) is 70.2 Å². The molecule has 126 valence electrons. The van der Waals surface area contributed by atoms with Gasteiger partial charge < -0.3 is 16.0 Å². The van der Waals surface area contributed by atoms with Gasteiger partial charge in [0.05, 0.1) is 6.54 Å². The van der Waals surface area contributed by atoms with E-state index in [0.29, 0.717) is 11.6 Å².